The Hall–Kier alpha value is -2.49. The number of aliphatic imine (C=N–C) groups is 1. The minimum atomic E-state index is 0. The number of aromatic amines is 1. The molecule has 0 amide bonds. The Labute approximate surface area is 169 Å². The highest BCUT2D eigenvalue weighted by molar-refractivity contribution is 14.0. The maximum Gasteiger partial charge on any atom is 0.191 e. The van der Waals surface area contributed by atoms with Crippen LogP contribution in [0.25, 0.3) is 11.4 Å². The second-order valence-corrected chi connectivity index (χ2v) is 5.40. The first kappa shape index (κ1) is 19.8. The van der Waals surface area contributed by atoms with Gasteiger partial charge in [0, 0.05) is 18.3 Å². The van der Waals surface area contributed by atoms with E-state index in [0.29, 0.717) is 13.1 Å². The fraction of sp³-hybridized carbons (Fsp3) is 0.222. The van der Waals surface area contributed by atoms with Gasteiger partial charge in [0.15, 0.2) is 11.8 Å². The molecule has 7 nitrogen and oxygen atoms in total. The largest absolute Gasteiger partial charge is 0.357 e. The monoisotopic (exact) mass is 463 g/mol. The predicted molar refractivity (Wildman–Crippen MR) is 113 cm³/mol. The second-order valence-electron chi connectivity index (χ2n) is 5.40. The highest BCUT2D eigenvalue weighted by Crippen LogP contribution is 2.15. The van der Waals surface area contributed by atoms with Gasteiger partial charge in [-0.25, -0.2) is 9.98 Å². The zero-order valence-electron chi connectivity index (χ0n) is 14.5. The zero-order valence-corrected chi connectivity index (χ0v) is 16.8. The van der Waals surface area contributed by atoms with Crippen molar-refractivity contribution in [3.63, 3.8) is 0 Å². The molecule has 2 aromatic heterocycles. The predicted octanol–water partition coefficient (Wildman–Crippen LogP) is 2.74. The number of nitrogens with zero attached hydrogens (tertiary/aromatic N) is 4. The van der Waals surface area contributed by atoms with Crippen molar-refractivity contribution in [2.75, 3.05) is 6.54 Å². The molecule has 0 unspecified atom stereocenters. The topological polar surface area (TPSA) is 90.9 Å². The fourth-order valence-electron chi connectivity index (χ4n) is 2.35. The van der Waals surface area contributed by atoms with Crippen LogP contribution in [0.2, 0.25) is 0 Å². The van der Waals surface area contributed by atoms with E-state index in [1.165, 1.54) is 6.33 Å². The van der Waals surface area contributed by atoms with Gasteiger partial charge in [0.1, 0.15) is 6.33 Å². The van der Waals surface area contributed by atoms with Crippen LogP contribution in [0.4, 0.5) is 0 Å². The third kappa shape index (κ3) is 5.80. The van der Waals surface area contributed by atoms with Crippen LogP contribution in [0.5, 0.6) is 0 Å². The summed E-state index contributed by atoms with van der Waals surface area (Å²) in [6.07, 6.45) is 3.29. The molecule has 0 aliphatic rings. The molecule has 1 aromatic carbocycles. The van der Waals surface area contributed by atoms with Crippen molar-refractivity contribution in [2.24, 2.45) is 4.99 Å². The quantitative estimate of drug-likeness (QED) is 0.297. The Bertz CT molecular complexity index is 803. The highest BCUT2D eigenvalue weighted by atomic mass is 127. The normalized spacial score (nSPS) is 10.9. The van der Waals surface area contributed by atoms with Gasteiger partial charge >= 0.3 is 0 Å². The van der Waals surface area contributed by atoms with E-state index < -0.39 is 0 Å². The molecule has 3 rings (SSSR count). The van der Waals surface area contributed by atoms with Crippen LogP contribution < -0.4 is 10.6 Å². The zero-order chi connectivity index (χ0) is 17.3. The number of benzene rings is 1. The average molecular weight is 463 g/mol. The van der Waals surface area contributed by atoms with Crippen molar-refractivity contribution < 1.29 is 0 Å². The van der Waals surface area contributed by atoms with Crippen LogP contribution in [0, 0.1) is 0 Å². The fourth-order valence-corrected chi connectivity index (χ4v) is 2.35. The number of pyridine rings is 1. The van der Waals surface area contributed by atoms with Gasteiger partial charge in [-0.2, -0.15) is 5.10 Å². The van der Waals surface area contributed by atoms with Crippen molar-refractivity contribution in [2.45, 2.75) is 20.0 Å². The van der Waals surface area contributed by atoms with Crippen LogP contribution >= 0.6 is 24.0 Å². The van der Waals surface area contributed by atoms with Crippen molar-refractivity contribution in [3.05, 3.63) is 66.2 Å². The molecule has 0 saturated heterocycles. The molecule has 3 aromatic rings. The third-order valence-corrected chi connectivity index (χ3v) is 3.54. The summed E-state index contributed by atoms with van der Waals surface area (Å²) in [7, 11) is 0. The molecule has 0 spiro atoms. The van der Waals surface area contributed by atoms with E-state index in [1.54, 1.807) is 6.20 Å². The summed E-state index contributed by atoms with van der Waals surface area (Å²) in [5.74, 6) is 1.52. The lowest BCUT2D eigenvalue weighted by Gasteiger charge is -2.11. The second kappa shape index (κ2) is 10.5. The molecule has 0 atom stereocenters. The summed E-state index contributed by atoms with van der Waals surface area (Å²) in [6.45, 7) is 4.04. The molecular formula is C18H22IN7. The van der Waals surface area contributed by atoms with E-state index in [2.05, 4.69) is 41.9 Å². The first-order chi connectivity index (χ1) is 12.3. The van der Waals surface area contributed by atoms with E-state index in [-0.39, 0.29) is 24.0 Å². The Balaban J connectivity index is 0.00000243. The summed E-state index contributed by atoms with van der Waals surface area (Å²) < 4.78 is 0. The molecule has 0 saturated carbocycles. The minimum absolute atomic E-state index is 0. The lowest BCUT2D eigenvalue weighted by Crippen LogP contribution is -2.37. The number of H-pyrrole nitrogens is 1. The first-order valence-corrected chi connectivity index (χ1v) is 8.22. The molecule has 26 heavy (non-hydrogen) atoms. The molecule has 0 aliphatic heterocycles. The van der Waals surface area contributed by atoms with Crippen molar-refractivity contribution in [3.8, 4) is 11.4 Å². The van der Waals surface area contributed by atoms with Crippen molar-refractivity contribution in [1.82, 2.24) is 30.8 Å². The maximum atomic E-state index is 4.64. The molecule has 0 radical (unpaired) electrons. The van der Waals surface area contributed by atoms with E-state index in [4.69, 9.17) is 0 Å². The van der Waals surface area contributed by atoms with Crippen molar-refractivity contribution in [1.29, 1.82) is 0 Å². The van der Waals surface area contributed by atoms with Crippen LogP contribution in [-0.2, 0) is 13.1 Å². The molecule has 3 N–H and O–H groups in total. The molecular weight excluding hydrogens is 441 g/mol. The SMILES string of the molecule is CCNC(=NCc1cccc(-c2ncn[nH]2)c1)NCc1ccccn1.I. The van der Waals surface area contributed by atoms with E-state index in [1.807, 2.05) is 43.3 Å². The van der Waals surface area contributed by atoms with Gasteiger partial charge < -0.3 is 10.6 Å². The molecule has 0 fully saturated rings. The van der Waals surface area contributed by atoms with Gasteiger partial charge in [0.25, 0.3) is 0 Å². The molecule has 8 heteroatoms. The average Bonchev–Trinajstić information content (AvgIpc) is 3.20. The Kier molecular flexibility index (Phi) is 8.00. The summed E-state index contributed by atoms with van der Waals surface area (Å²) in [4.78, 5) is 13.1. The van der Waals surface area contributed by atoms with Crippen LogP contribution in [0.1, 0.15) is 18.2 Å². The lowest BCUT2D eigenvalue weighted by molar-refractivity contribution is 0.799. The lowest BCUT2D eigenvalue weighted by atomic mass is 10.1. The number of halogens is 1. The number of nitrogens with one attached hydrogen (secondary N) is 3. The van der Waals surface area contributed by atoms with Gasteiger partial charge in [-0.15, -0.1) is 24.0 Å². The van der Waals surface area contributed by atoms with Gasteiger partial charge in [0.05, 0.1) is 18.8 Å². The molecule has 136 valence electrons. The third-order valence-electron chi connectivity index (χ3n) is 3.54. The van der Waals surface area contributed by atoms with Crippen molar-refractivity contribution >= 4 is 29.9 Å². The molecule has 2 heterocycles. The number of rotatable bonds is 6. The standard InChI is InChI=1S/C18H21N7.HI/c1-2-19-18(22-12-16-8-3-4-9-20-16)21-11-14-6-5-7-15(10-14)17-23-13-24-25-17;/h3-10,13H,2,11-12H2,1H3,(H2,19,21,22)(H,23,24,25);1H. The van der Waals surface area contributed by atoms with Gasteiger partial charge in [-0.3, -0.25) is 10.1 Å². The number of aromatic nitrogens is 4. The Morgan fingerprint density at radius 1 is 1.12 bits per heavy atom. The summed E-state index contributed by atoms with van der Waals surface area (Å²) in [5.41, 5.74) is 3.07. The van der Waals surface area contributed by atoms with Gasteiger partial charge in [-0.05, 0) is 30.7 Å². The minimum Gasteiger partial charge on any atom is -0.357 e. The smallest absolute Gasteiger partial charge is 0.191 e. The van der Waals surface area contributed by atoms with E-state index in [0.717, 1.165) is 35.1 Å². The number of hydrogen-bond donors (Lipinski definition) is 3. The number of guanidine groups is 1. The molecule has 0 bridgehead atoms. The van der Waals surface area contributed by atoms with Crippen LogP contribution in [0.3, 0.4) is 0 Å². The summed E-state index contributed by atoms with van der Waals surface area (Å²) in [6, 6.07) is 14.0. The van der Waals surface area contributed by atoms with Crippen LogP contribution in [-0.4, -0.2) is 32.7 Å². The van der Waals surface area contributed by atoms with Gasteiger partial charge in [0.2, 0.25) is 0 Å². The summed E-state index contributed by atoms with van der Waals surface area (Å²) in [5, 5.41) is 13.3. The number of hydrogen-bond acceptors (Lipinski definition) is 4. The highest BCUT2D eigenvalue weighted by Gasteiger charge is 2.03. The Morgan fingerprint density at radius 2 is 2.04 bits per heavy atom. The Morgan fingerprint density at radius 3 is 2.77 bits per heavy atom. The maximum absolute atomic E-state index is 4.64. The van der Waals surface area contributed by atoms with Crippen LogP contribution in [0.15, 0.2) is 60.0 Å². The van der Waals surface area contributed by atoms with Gasteiger partial charge in [-0.1, -0.05) is 24.3 Å². The molecule has 0 aliphatic carbocycles. The summed E-state index contributed by atoms with van der Waals surface area (Å²) >= 11 is 0. The first-order valence-electron chi connectivity index (χ1n) is 8.22. The van der Waals surface area contributed by atoms with E-state index in [9.17, 15) is 0 Å². The van der Waals surface area contributed by atoms with E-state index >= 15 is 0 Å².